The molecule has 0 saturated heterocycles. The van der Waals surface area contributed by atoms with E-state index in [1.54, 1.807) is 18.8 Å². The number of hydrogen-bond donors (Lipinski definition) is 1. The second-order valence-electron chi connectivity index (χ2n) is 4.46. The van der Waals surface area contributed by atoms with Crippen LogP contribution in [-0.4, -0.2) is 17.9 Å². The first-order valence-corrected chi connectivity index (χ1v) is 8.46. The van der Waals surface area contributed by atoms with Crippen LogP contribution in [0.1, 0.15) is 6.42 Å². The van der Waals surface area contributed by atoms with Crippen molar-refractivity contribution in [3.05, 3.63) is 55.2 Å². The fourth-order valence-electron chi connectivity index (χ4n) is 2.43. The van der Waals surface area contributed by atoms with Crippen molar-refractivity contribution in [2.45, 2.75) is 6.42 Å². The van der Waals surface area contributed by atoms with Gasteiger partial charge in [-0.15, -0.1) is 0 Å². The van der Waals surface area contributed by atoms with Crippen LogP contribution < -0.4 is 16.5 Å². The van der Waals surface area contributed by atoms with Crippen LogP contribution >= 0.6 is 7.26 Å². The lowest BCUT2D eigenvalue weighted by Gasteiger charge is -2.18. The minimum atomic E-state index is -2.09. The molecule has 3 aromatic rings. The molecule has 0 saturated carbocycles. The van der Waals surface area contributed by atoms with E-state index in [-0.39, 0.29) is 6.61 Å². The number of furan rings is 3. The minimum Gasteiger partial charge on any atom is -0.434 e. The predicted molar refractivity (Wildman–Crippen MR) is 78.5 cm³/mol. The van der Waals surface area contributed by atoms with Gasteiger partial charge in [0.1, 0.15) is 0 Å². The van der Waals surface area contributed by atoms with Gasteiger partial charge in [-0.1, -0.05) is 0 Å². The molecular weight excluding hydrogens is 275 g/mol. The van der Waals surface area contributed by atoms with E-state index < -0.39 is 7.26 Å². The standard InChI is InChI=1S/C15H16O4P/c16-8-4-12-20(13-5-1-9-17-13,14-6-2-10-18-14)15-7-3-11-19-15/h1-3,5-7,9-11,16H,4,8,12H2/q+1. The van der Waals surface area contributed by atoms with Gasteiger partial charge in [-0.2, -0.15) is 0 Å². The molecule has 0 aliphatic rings. The van der Waals surface area contributed by atoms with E-state index >= 15 is 0 Å². The van der Waals surface area contributed by atoms with Crippen molar-refractivity contribution in [2.75, 3.05) is 12.8 Å². The average molecular weight is 291 g/mol. The molecule has 0 radical (unpaired) electrons. The number of aliphatic hydroxyl groups excluding tert-OH is 1. The molecule has 3 aromatic heterocycles. The van der Waals surface area contributed by atoms with Gasteiger partial charge in [0.05, 0.1) is 25.0 Å². The summed E-state index contributed by atoms with van der Waals surface area (Å²) in [5.74, 6) is 0. The molecule has 0 spiro atoms. The summed E-state index contributed by atoms with van der Waals surface area (Å²) < 4.78 is 17.1. The molecule has 1 N–H and O–H groups in total. The summed E-state index contributed by atoms with van der Waals surface area (Å²) in [6, 6.07) is 11.5. The third kappa shape index (κ3) is 2.11. The average Bonchev–Trinajstić information content (AvgIpc) is 3.23. The Morgan fingerprint density at radius 1 is 0.800 bits per heavy atom. The van der Waals surface area contributed by atoms with E-state index in [0.29, 0.717) is 6.42 Å². The van der Waals surface area contributed by atoms with E-state index in [1.807, 2.05) is 36.4 Å². The van der Waals surface area contributed by atoms with Crippen molar-refractivity contribution < 1.29 is 18.4 Å². The first kappa shape index (κ1) is 13.2. The van der Waals surface area contributed by atoms with E-state index in [9.17, 15) is 5.11 Å². The molecule has 3 heterocycles. The molecule has 0 aliphatic heterocycles. The smallest absolute Gasteiger partial charge is 0.262 e. The molecule has 0 aromatic carbocycles. The molecule has 0 aliphatic carbocycles. The van der Waals surface area contributed by atoms with E-state index in [2.05, 4.69) is 0 Å². The zero-order valence-corrected chi connectivity index (χ0v) is 11.8. The molecular formula is C15H16O4P+. The Morgan fingerprint density at radius 3 is 1.55 bits per heavy atom. The highest BCUT2D eigenvalue weighted by molar-refractivity contribution is 7.94. The van der Waals surface area contributed by atoms with Gasteiger partial charge in [-0.05, 0) is 18.2 Å². The van der Waals surface area contributed by atoms with Crippen LogP contribution in [-0.2, 0) is 0 Å². The molecule has 0 unspecified atom stereocenters. The monoisotopic (exact) mass is 291 g/mol. The Bertz CT molecular complexity index is 527. The van der Waals surface area contributed by atoms with Crippen molar-refractivity contribution in [2.24, 2.45) is 0 Å². The molecule has 0 atom stereocenters. The van der Waals surface area contributed by atoms with Crippen LogP contribution in [0.2, 0.25) is 0 Å². The number of hydrogen-bond acceptors (Lipinski definition) is 4. The second-order valence-corrected chi connectivity index (χ2v) is 7.85. The van der Waals surface area contributed by atoms with Crippen LogP contribution in [0.5, 0.6) is 0 Å². The first-order chi connectivity index (χ1) is 9.88. The van der Waals surface area contributed by atoms with Crippen molar-refractivity contribution in [3.8, 4) is 0 Å². The highest BCUT2D eigenvalue weighted by atomic mass is 31.2. The molecule has 0 bridgehead atoms. The topological polar surface area (TPSA) is 59.7 Å². The SMILES string of the molecule is OCCC[P+](c1ccco1)(c1ccco1)c1ccco1. The van der Waals surface area contributed by atoms with E-state index in [4.69, 9.17) is 13.3 Å². The van der Waals surface area contributed by atoms with Crippen molar-refractivity contribution in [1.82, 2.24) is 0 Å². The quantitative estimate of drug-likeness (QED) is 0.707. The fourth-order valence-corrected chi connectivity index (χ4v) is 6.10. The Balaban J connectivity index is 2.18. The number of rotatable bonds is 6. The van der Waals surface area contributed by atoms with Gasteiger partial charge in [0, 0.05) is 31.2 Å². The Kier molecular flexibility index (Phi) is 3.77. The fraction of sp³-hybridized carbons (Fsp3) is 0.200. The van der Waals surface area contributed by atoms with Crippen LogP contribution in [0.4, 0.5) is 0 Å². The summed E-state index contributed by atoms with van der Waals surface area (Å²) in [5, 5.41) is 9.25. The summed E-state index contributed by atoms with van der Waals surface area (Å²) in [6.07, 6.45) is 6.40. The molecule has 0 fully saturated rings. The lowest BCUT2D eigenvalue weighted by molar-refractivity contribution is 0.296. The zero-order chi connectivity index (χ0) is 13.8. The molecule has 0 amide bonds. The second kappa shape index (κ2) is 5.70. The highest BCUT2D eigenvalue weighted by Crippen LogP contribution is 2.56. The third-order valence-electron chi connectivity index (χ3n) is 3.30. The minimum absolute atomic E-state index is 0.129. The van der Waals surface area contributed by atoms with E-state index in [0.717, 1.165) is 22.7 Å². The highest BCUT2D eigenvalue weighted by Gasteiger charge is 2.53. The van der Waals surface area contributed by atoms with Crippen LogP contribution in [0, 0.1) is 0 Å². The maximum absolute atomic E-state index is 9.25. The van der Waals surface area contributed by atoms with Crippen LogP contribution in [0.3, 0.4) is 0 Å². The lowest BCUT2D eigenvalue weighted by Crippen LogP contribution is -2.31. The maximum atomic E-state index is 9.25. The molecule has 104 valence electrons. The molecule has 4 nitrogen and oxygen atoms in total. The van der Waals surface area contributed by atoms with Gasteiger partial charge in [-0.25, -0.2) is 0 Å². The summed E-state index contributed by atoms with van der Waals surface area (Å²) in [6.45, 7) is 0.129. The van der Waals surface area contributed by atoms with Gasteiger partial charge in [-0.3, -0.25) is 0 Å². The van der Waals surface area contributed by atoms with Gasteiger partial charge in [0.25, 0.3) is 16.5 Å². The van der Waals surface area contributed by atoms with Gasteiger partial charge in [0.15, 0.2) is 0 Å². The van der Waals surface area contributed by atoms with Crippen LogP contribution in [0.25, 0.3) is 0 Å². The Labute approximate surface area is 117 Å². The summed E-state index contributed by atoms with van der Waals surface area (Å²) in [7, 11) is -2.09. The lowest BCUT2D eigenvalue weighted by atomic mass is 10.5. The van der Waals surface area contributed by atoms with Gasteiger partial charge in [0.2, 0.25) is 7.26 Å². The summed E-state index contributed by atoms with van der Waals surface area (Å²) >= 11 is 0. The molecule has 20 heavy (non-hydrogen) atoms. The zero-order valence-electron chi connectivity index (χ0n) is 10.9. The summed E-state index contributed by atoms with van der Waals surface area (Å²) in [5.41, 5.74) is 2.57. The van der Waals surface area contributed by atoms with Gasteiger partial charge >= 0.3 is 0 Å². The van der Waals surface area contributed by atoms with E-state index in [1.165, 1.54) is 0 Å². The van der Waals surface area contributed by atoms with Crippen molar-refractivity contribution in [3.63, 3.8) is 0 Å². The predicted octanol–water partition coefficient (Wildman–Crippen LogP) is 2.14. The Hall–Kier alpha value is -1.77. The van der Waals surface area contributed by atoms with Crippen molar-refractivity contribution >= 4 is 23.8 Å². The van der Waals surface area contributed by atoms with Crippen molar-refractivity contribution in [1.29, 1.82) is 0 Å². The normalized spacial score (nSPS) is 11.8. The molecule has 5 heteroatoms. The largest absolute Gasteiger partial charge is 0.434 e. The molecule has 3 rings (SSSR count). The number of aliphatic hydroxyl groups is 1. The van der Waals surface area contributed by atoms with Gasteiger partial charge < -0.3 is 18.4 Å². The van der Waals surface area contributed by atoms with Crippen LogP contribution in [0.15, 0.2) is 68.4 Å². The third-order valence-corrected chi connectivity index (χ3v) is 7.31. The maximum Gasteiger partial charge on any atom is 0.262 e. The first-order valence-electron chi connectivity index (χ1n) is 6.49. The summed E-state index contributed by atoms with van der Waals surface area (Å²) in [4.78, 5) is 0. The Morgan fingerprint density at radius 2 is 1.25 bits per heavy atom.